The van der Waals surface area contributed by atoms with Gasteiger partial charge in [-0.2, -0.15) is 4.52 Å². The summed E-state index contributed by atoms with van der Waals surface area (Å²) in [5, 5.41) is 12.6. The summed E-state index contributed by atoms with van der Waals surface area (Å²) in [6.07, 6.45) is 2.26. The molecule has 0 aliphatic carbocycles. The van der Waals surface area contributed by atoms with Crippen molar-refractivity contribution in [3.63, 3.8) is 0 Å². The van der Waals surface area contributed by atoms with Crippen molar-refractivity contribution in [3.05, 3.63) is 47.5 Å². The summed E-state index contributed by atoms with van der Waals surface area (Å²) in [5.74, 6) is 0.723. The third-order valence-corrected chi connectivity index (χ3v) is 6.15. The molecule has 1 aromatic carbocycles. The van der Waals surface area contributed by atoms with E-state index in [1.54, 1.807) is 11.4 Å². The van der Waals surface area contributed by atoms with E-state index < -0.39 is 15.8 Å². The minimum atomic E-state index is -3.81. The van der Waals surface area contributed by atoms with Gasteiger partial charge in [0.2, 0.25) is 10.0 Å². The van der Waals surface area contributed by atoms with E-state index in [0.29, 0.717) is 17.0 Å². The summed E-state index contributed by atoms with van der Waals surface area (Å²) in [5.41, 5.74) is 0.883. The molecule has 8 nitrogen and oxygen atoms in total. The predicted octanol–water partition coefficient (Wildman–Crippen LogP) is 1.65. The summed E-state index contributed by atoms with van der Waals surface area (Å²) < 4.78 is 42.4. The first-order chi connectivity index (χ1) is 12.9. The Balaban J connectivity index is 1.58. The first kappa shape index (κ1) is 17.8. The lowest BCUT2D eigenvalue weighted by molar-refractivity contribution is 0.576. The number of nitrogens with one attached hydrogen (secondary N) is 1. The number of nitrogens with zero attached hydrogens (tertiary/aromatic N) is 5. The molecule has 4 rings (SSSR count). The van der Waals surface area contributed by atoms with Crippen LogP contribution in [-0.2, 0) is 16.6 Å². The lowest BCUT2D eigenvalue weighted by Crippen LogP contribution is -2.26. The number of aryl methyl sites for hydroxylation is 1. The van der Waals surface area contributed by atoms with Crippen molar-refractivity contribution in [2.45, 2.75) is 31.2 Å². The van der Waals surface area contributed by atoms with Gasteiger partial charge in [0.25, 0.3) is 0 Å². The van der Waals surface area contributed by atoms with Crippen molar-refractivity contribution < 1.29 is 12.8 Å². The molecule has 1 saturated heterocycles. The van der Waals surface area contributed by atoms with Crippen LogP contribution in [0.15, 0.2) is 35.2 Å². The Bertz CT molecular complexity index is 1090. The van der Waals surface area contributed by atoms with Crippen LogP contribution >= 0.6 is 0 Å². The van der Waals surface area contributed by atoms with Gasteiger partial charge in [-0.05, 0) is 55.7 Å². The number of fused-ring (bicyclic) bond motifs is 1. The fourth-order valence-corrected chi connectivity index (χ4v) is 4.41. The van der Waals surface area contributed by atoms with Crippen LogP contribution in [0, 0.1) is 12.7 Å². The highest BCUT2D eigenvalue weighted by atomic mass is 32.2. The number of benzene rings is 1. The van der Waals surface area contributed by atoms with E-state index in [9.17, 15) is 12.8 Å². The van der Waals surface area contributed by atoms with Gasteiger partial charge in [0.05, 0.1) is 11.4 Å². The SMILES string of the molecule is Cc1cc(F)ccc1S(=O)(=O)NCc1nnc2ccc(N3CCCC3)nn12. The molecule has 27 heavy (non-hydrogen) atoms. The van der Waals surface area contributed by atoms with Crippen molar-refractivity contribution in [2.24, 2.45) is 0 Å². The third kappa shape index (κ3) is 3.50. The molecule has 10 heteroatoms. The van der Waals surface area contributed by atoms with Gasteiger partial charge in [-0.15, -0.1) is 15.3 Å². The van der Waals surface area contributed by atoms with Gasteiger partial charge in [0.15, 0.2) is 11.5 Å². The van der Waals surface area contributed by atoms with Crippen LogP contribution in [0.2, 0.25) is 0 Å². The van der Waals surface area contributed by atoms with Gasteiger partial charge in [0.1, 0.15) is 11.6 Å². The minimum Gasteiger partial charge on any atom is -0.355 e. The maximum Gasteiger partial charge on any atom is 0.241 e. The molecule has 0 amide bonds. The van der Waals surface area contributed by atoms with Crippen molar-refractivity contribution >= 4 is 21.5 Å². The molecule has 0 unspecified atom stereocenters. The highest BCUT2D eigenvalue weighted by Crippen LogP contribution is 2.19. The average Bonchev–Trinajstić information content (AvgIpc) is 3.29. The van der Waals surface area contributed by atoms with Crippen molar-refractivity contribution in [3.8, 4) is 0 Å². The van der Waals surface area contributed by atoms with Crippen molar-refractivity contribution in [1.82, 2.24) is 24.5 Å². The predicted molar refractivity (Wildman–Crippen MR) is 97.4 cm³/mol. The summed E-state index contributed by atoms with van der Waals surface area (Å²) in [7, 11) is -3.81. The largest absolute Gasteiger partial charge is 0.355 e. The van der Waals surface area contributed by atoms with Gasteiger partial charge >= 0.3 is 0 Å². The lowest BCUT2D eigenvalue weighted by atomic mass is 10.2. The van der Waals surface area contributed by atoms with E-state index in [1.165, 1.54) is 12.1 Å². The second-order valence-electron chi connectivity index (χ2n) is 6.51. The van der Waals surface area contributed by atoms with Crippen LogP contribution in [0.5, 0.6) is 0 Å². The van der Waals surface area contributed by atoms with E-state index in [2.05, 4.69) is 24.9 Å². The van der Waals surface area contributed by atoms with Crippen LogP contribution in [0.25, 0.3) is 5.65 Å². The Hall–Kier alpha value is -2.59. The van der Waals surface area contributed by atoms with E-state index in [1.807, 2.05) is 12.1 Å². The van der Waals surface area contributed by atoms with Crippen LogP contribution in [-0.4, -0.2) is 41.3 Å². The van der Waals surface area contributed by atoms with E-state index in [-0.39, 0.29) is 11.4 Å². The molecule has 1 aliphatic heterocycles. The molecule has 1 N–H and O–H groups in total. The smallest absolute Gasteiger partial charge is 0.241 e. The molecule has 1 aliphatic rings. The number of sulfonamides is 1. The van der Waals surface area contributed by atoms with E-state index >= 15 is 0 Å². The first-order valence-electron chi connectivity index (χ1n) is 8.66. The van der Waals surface area contributed by atoms with Gasteiger partial charge in [-0.1, -0.05) is 0 Å². The Morgan fingerprint density at radius 2 is 1.93 bits per heavy atom. The number of aromatic nitrogens is 4. The second-order valence-corrected chi connectivity index (χ2v) is 8.24. The van der Waals surface area contributed by atoms with Crippen LogP contribution in [0.3, 0.4) is 0 Å². The fraction of sp³-hybridized carbons (Fsp3) is 0.353. The zero-order valence-electron chi connectivity index (χ0n) is 14.8. The topological polar surface area (TPSA) is 92.5 Å². The zero-order valence-corrected chi connectivity index (χ0v) is 15.6. The number of halogens is 1. The molecule has 3 heterocycles. The highest BCUT2D eigenvalue weighted by molar-refractivity contribution is 7.89. The van der Waals surface area contributed by atoms with Gasteiger partial charge in [-0.25, -0.2) is 17.5 Å². The average molecular weight is 390 g/mol. The second kappa shape index (κ2) is 6.86. The maximum atomic E-state index is 13.2. The maximum absolute atomic E-state index is 13.2. The van der Waals surface area contributed by atoms with Crippen LogP contribution < -0.4 is 9.62 Å². The van der Waals surface area contributed by atoms with Crippen LogP contribution in [0.4, 0.5) is 10.2 Å². The van der Waals surface area contributed by atoms with E-state index in [0.717, 1.165) is 37.8 Å². The Labute approximate surface area is 156 Å². The van der Waals surface area contributed by atoms with Gasteiger partial charge < -0.3 is 4.90 Å². The normalized spacial score (nSPS) is 15.0. The summed E-state index contributed by atoms with van der Waals surface area (Å²) >= 11 is 0. The molecule has 142 valence electrons. The molecule has 0 bridgehead atoms. The summed E-state index contributed by atoms with van der Waals surface area (Å²) in [6.45, 7) is 3.38. The highest BCUT2D eigenvalue weighted by Gasteiger charge is 2.20. The number of hydrogen-bond acceptors (Lipinski definition) is 6. The van der Waals surface area contributed by atoms with E-state index in [4.69, 9.17) is 0 Å². The molecular formula is C17H19FN6O2S. The number of rotatable bonds is 5. The summed E-state index contributed by atoms with van der Waals surface area (Å²) in [6, 6.07) is 7.27. The quantitative estimate of drug-likeness (QED) is 0.712. The Morgan fingerprint density at radius 3 is 2.67 bits per heavy atom. The first-order valence-corrected chi connectivity index (χ1v) is 10.1. The third-order valence-electron chi connectivity index (χ3n) is 4.59. The summed E-state index contributed by atoms with van der Waals surface area (Å²) in [4.78, 5) is 2.21. The van der Waals surface area contributed by atoms with Gasteiger partial charge in [-0.3, -0.25) is 0 Å². The van der Waals surface area contributed by atoms with Gasteiger partial charge in [0, 0.05) is 13.1 Å². The number of hydrogen-bond donors (Lipinski definition) is 1. The molecule has 1 fully saturated rings. The molecule has 0 atom stereocenters. The Kier molecular flexibility index (Phi) is 4.52. The fourth-order valence-electron chi connectivity index (χ4n) is 3.20. The van der Waals surface area contributed by atoms with Crippen LogP contribution in [0.1, 0.15) is 24.2 Å². The zero-order chi connectivity index (χ0) is 19.0. The lowest BCUT2D eigenvalue weighted by Gasteiger charge is -2.15. The monoisotopic (exact) mass is 390 g/mol. The van der Waals surface area contributed by atoms with Crippen molar-refractivity contribution in [1.29, 1.82) is 0 Å². The molecule has 0 spiro atoms. The van der Waals surface area contributed by atoms with Crippen molar-refractivity contribution in [2.75, 3.05) is 18.0 Å². The Morgan fingerprint density at radius 1 is 1.15 bits per heavy atom. The molecular weight excluding hydrogens is 371 g/mol. The standard InChI is InChI=1S/C17H19FN6O2S/c1-12-10-13(18)4-5-14(12)27(25,26)19-11-17-21-20-15-6-7-16(22-24(15)17)23-8-2-3-9-23/h4-7,10,19H,2-3,8-9,11H2,1H3. The number of anilines is 1. The molecule has 0 radical (unpaired) electrons. The minimum absolute atomic E-state index is 0.0310. The molecule has 2 aromatic heterocycles. The molecule has 0 saturated carbocycles. The molecule has 3 aromatic rings.